The average Bonchev–Trinajstić information content (AvgIpc) is 3.07. The molecule has 0 saturated carbocycles. The highest BCUT2D eigenvalue weighted by Gasteiger charge is 2.18. The summed E-state index contributed by atoms with van der Waals surface area (Å²) in [4.78, 5) is 28.6. The minimum Gasteiger partial charge on any atom is -0.378 e. The van der Waals surface area contributed by atoms with E-state index < -0.39 is 4.92 Å². The molecule has 1 amide bonds. The van der Waals surface area contributed by atoms with Gasteiger partial charge in [0.15, 0.2) is 5.96 Å². The van der Waals surface area contributed by atoms with Crippen molar-refractivity contribution >= 4 is 47.2 Å². The smallest absolute Gasteiger partial charge is 0.292 e. The molecule has 0 spiro atoms. The molecule has 0 atom stereocenters. The third-order valence-electron chi connectivity index (χ3n) is 4.21. The van der Waals surface area contributed by atoms with E-state index in [1.165, 1.54) is 6.07 Å². The van der Waals surface area contributed by atoms with Gasteiger partial charge in [0, 0.05) is 51.8 Å². The maximum absolute atomic E-state index is 11.6. The Bertz CT molecular complexity index is 670. The Hall–Kier alpha value is -2.11. The number of aliphatic imine (C=N–C) groups is 1. The number of rotatable bonds is 10. The predicted octanol–water partition coefficient (Wildman–Crippen LogP) is 2.19. The van der Waals surface area contributed by atoms with E-state index in [-0.39, 0.29) is 35.6 Å². The second kappa shape index (κ2) is 13.1. The van der Waals surface area contributed by atoms with Crippen LogP contribution in [0.3, 0.4) is 0 Å². The molecule has 0 aromatic heterocycles. The minimum absolute atomic E-state index is 0. The number of carbonyl (C=O) groups is 1. The monoisotopic (exact) mass is 504 g/mol. The molecule has 1 heterocycles. The molecular weight excluding hydrogens is 475 g/mol. The summed E-state index contributed by atoms with van der Waals surface area (Å²) >= 11 is 0. The van der Waals surface area contributed by atoms with Gasteiger partial charge in [-0.1, -0.05) is 12.1 Å². The van der Waals surface area contributed by atoms with Crippen molar-refractivity contribution in [3.8, 4) is 0 Å². The first-order valence-electron chi connectivity index (χ1n) is 9.39. The van der Waals surface area contributed by atoms with Gasteiger partial charge in [0.25, 0.3) is 5.69 Å². The molecule has 156 valence electrons. The average molecular weight is 504 g/mol. The summed E-state index contributed by atoms with van der Waals surface area (Å²) in [5.74, 6) is 0.944. The quantitative estimate of drug-likeness (QED) is 0.113. The summed E-state index contributed by atoms with van der Waals surface area (Å²) in [7, 11) is 0. The lowest BCUT2D eigenvalue weighted by Crippen LogP contribution is -2.39. The van der Waals surface area contributed by atoms with Crippen LogP contribution in [0.1, 0.15) is 26.2 Å². The number of amides is 1. The van der Waals surface area contributed by atoms with E-state index in [0.29, 0.717) is 37.7 Å². The Labute approximate surface area is 182 Å². The summed E-state index contributed by atoms with van der Waals surface area (Å²) in [5, 5.41) is 20.4. The number of guanidine groups is 1. The first-order chi connectivity index (χ1) is 13.1. The number of likely N-dealkylation sites (tertiary alicyclic amines) is 1. The molecule has 0 aliphatic carbocycles. The molecule has 0 unspecified atom stereocenters. The van der Waals surface area contributed by atoms with Gasteiger partial charge >= 0.3 is 0 Å². The van der Waals surface area contributed by atoms with E-state index in [0.717, 1.165) is 32.5 Å². The molecule has 28 heavy (non-hydrogen) atoms. The highest BCUT2D eigenvalue weighted by atomic mass is 127. The largest absolute Gasteiger partial charge is 0.378 e. The predicted molar refractivity (Wildman–Crippen MR) is 121 cm³/mol. The molecule has 3 N–H and O–H groups in total. The molecule has 0 radical (unpaired) electrons. The normalized spacial score (nSPS) is 13.8. The van der Waals surface area contributed by atoms with Gasteiger partial charge in [0.1, 0.15) is 5.69 Å². The SMILES string of the molecule is CCNC(=NCCCN1CCCC1=O)NCCNc1ccccc1[N+](=O)[O-].I. The number of hydrogen-bond acceptors (Lipinski definition) is 5. The number of nitro groups is 1. The molecule has 1 fully saturated rings. The number of para-hydroxylation sites is 2. The van der Waals surface area contributed by atoms with Crippen LogP contribution >= 0.6 is 24.0 Å². The van der Waals surface area contributed by atoms with Crippen LogP contribution < -0.4 is 16.0 Å². The number of nitrogens with zero attached hydrogens (tertiary/aromatic N) is 3. The van der Waals surface area contributed by atoms with E-state index in [1.54, 1.807) is 18.2 Å². The number of halogens is 1. The Balaban J connectivity index is 0.00000392. The molecule has 10 heteroatoms. The molecular formula is C18H29IN6O3. The first kappa shape index (κ1) is 23.9. The molecule has 1 aromatic rings. The van der Waals surface area contributed by atoms with E-state index in [4.69, 9.17) is 0 Å². The van der Waals surface area contributed by atoms with E-state index in [1.807, 2.05) is 11.8 Å². The van der Waals surface area contributed by atoms with Crippen LogP contribution in [0.2, 0.25) is 0 Å². The van der Waals surface area contributed by atoms with Crippen molar-refractivity contribution < 1.29 is 9.72 Å². The van der Waals surface area contributed by atoms with Gasteiger partial charge in [-0.3, -0.25) is 19.9 Å². The fourth-order valence-electron chi connectivity index (χ4n) is 2.90. The van der Waals surface area contributed by atoms with E-state index in [9.17, 15) is 14.9 Å². The second-order valence-corrected chi connectivity index (χ2v) is 6.23. The summed E-state index contributed by atoms with van der Waals surface area (Å²) in [6, 6.07) is 6.58. The highest BCUT2D eigenvalue weighted by molar-refractivity contribution is 14.0. The Morgan fingerprint density at radius 1 is 1.29 bits per heavy atom. The Morgan fingerprint density at radius 2 is 2.07 bits per heavy atom. The van der Waals surface area contributed by atoms with E-state index in [2.05, 4.69) is 20.9 Å². The van der Waals surface area contributed by atoms with Crippen molar-refractivity contribution in [1.82, 2.24) is 15.5 Å². The number of nitro benzene ring substituents is 1. The fourth-order valence-corrected chi connectivity index (χ4v) is 2.90. The zero-order valence-electron chi connectivity index (χ0n) is 16.1. The van der Waals surface area contributed by atoms with Gasteiger partial charge in [0.2, 0.25) is 5.91 Å². The minimum atomic E-state index is -0.396. The van der Waals surface area contributed by atoms with Crippen LogP contribution in [0, 0.1) is 10.1 Å². The van der Waals surface area contributed by atoms with Crippen molar-refractivity contribution in [2.75, 3.05) is 44.6 Å². The summed E-state index contributed by atoms with van der Waals surface area (Å²) < 4.78 is 0. The maximum atomic E-state index is 11.6. The van der Waals surface area contributed by atoms with Crippen molar-refractivity contribution in [3.63, 3.8) is 0 Å². The maximum Gasteiger partial charge on any atom is 0.292 e. The molecule has 9 nitrogen and oxygen atoms in total. The molecule has 0 bridgehead atoms. The molecule has 1 aliphatic rings. The fraction of sp³-hybridized carbons (Fsp3) is 0.556. The van der Waals surface area contributed by atoms with E-state index >= 15 is 0 Å². The number of anilines is 1. The number of carbonyl (C=O) groups excluding carboxylic acids is 1. The summed E-state index contributed by atoms with van der Waals surface area (Å²) in [6.45, 7) is 6.08. The molecule has 1 saturated heterocycles. The topological polar surface area (TPSA) is 112 Å². The standard InChI is InChI=1S/C18H28N6O3.HI/c1-2-19-18(21-10-6-14-23-13-5-9-17(23)25)22-12-11-20-15-7-3-4-8-16(15)24(26)27;/h3-4,7-8,20H,2,5-6,9-14H2,1H3,(H2,19,21,22);1H. The summed E-state index contributed by atoms with van der Waals surface area (Å²) in [5.41, 5.74) is 0.566. The third kappa shape index (κ3) is 7.87. The van der Waals surface area contributed by atoms with Crippen LogP contribution in [-0.2, 0) is 4.79 Å². The third-order valence-corrected chi connectivity index (χ3v) is 4.21. The van der Waals surface area contributed by atoms with Gasteiger partial charge in [0.05, 0.1) is 4.92 Å². The Kier molecular flexibility index (Phi) is 11.2. The van der Waals surface area contributed by atoms with Gasteiger partial charge in [-0.25, -0.2) is 0 Å². The van der Waals surface area contributed by atoms with Crippen molar-refractivity contribution in [2.45, 2.75) is 26.2 Å². The zero-order valence-corrected chi connectivity index (χ0v) is 18.5. The van der Waals surface area contributed by atoms with Crippen molar-refractivity contribution in [1.29, 1.82) is 0 Å². The van der Waals surface area contributed by atoms with Crippen LogP contribution in [0.15, 0.2) is 29.3 Å². The number of hydrogen-bond donors (Lipinski definition) is 3. The molecule has 1 aromatic carbocycles. The van der Waals surface area contributed by atoms with Gasteiger partial charge in [-0.05, 0) is 25.8 Å². The first-order valence-corrected chi connectivity index (χ1v) is 9.39. The number of nitrogens with one attached hydrogen (secondary N) is 3. The number of benzene rings is 1. The second-order valence-electron chi connectivity index (χ2n) is 6.23. The van der Waals surface area contributed by atoms with Crippen molar-refractivity contribution in [2.24, 2.45) is 4.99 Å². The molecule has 2 rings (SSSR count). The highest BCUT2D eigenvalue weighted by Crippen LogP contribution is 2.22. The van der Waals surface area contributed by atoms with Gasteiger partial charge < -0.3 is 20.9 Å². The lowest BCUT2D eigenvalue weighted by molar-refractivity contribution is -0.384. The van der Waals surface area contributed by atoms with Gasteiger partial charge in [-0.2, -0.15) is 0 Å². The van der Waals surface area contributed by atoms with Crippen LogP contribution in [0.4, 0.5) is 11.4 Å². The Morgan fingerprint density at radius 3 is 2.75 bits per heavy atom. The zero-order chi connectivity index (χ0) is 19.5. The van der Waals surface area contributed by atoms with Gasteiger partial charge in [-0.15, -0.1) is 24.0 Å². The molecule has 1 aliphatic heterocycles. The summed E-state index contributed by atoms with van der Waals surface area (Å²) in [6.07, 6.45) is 2.45. The van der Waals surface area contributed by atoms with Crippen molar-refractivity contribution in [3.05, 3.63) is 34.4 Å². The van der Waals surface area contributed by atoms with Crippen LogP contribution in [-0.4, -0.2) is 61.0 Å². The lowest BCUT2D eigenvalue weighted by Gasteiger charge is -2.15. The van der Waals surface area contributed by atoms with Crippen LogP contribution in [0.5, 0.6) is 0 Å². The lowest BCUT2D eigenvalue weighted by atomic mass is 10.2. The van der Waals surface area contributed by atoms with Crippen LogP contribution in [0.25, 0.3) is 0 Å².